The predicted molar refractivity (Wildman–Crippen MR) is 246 cm³/mol. The second-order valence-corrected chi connectivity index (χ2v) is 18.1. The SMILES string of the molecule is Cc1sc2c(c1C)C(c1ccc(OCCN3CCN(CCOc4ccc([C@H]5c6ccc(O)cc6CC[C@H]5c5ccccc5)cc4)CC3)cc1)=N[C@@H](Cc1ncco1)c1nnc(C)n1-2. The number of aryl methyl sites for hydroxylation is 3. The lowest BCUT2D eigenvalue weighted by Gasteiger charge is -2.35. The van der Waals surface area contributed by atoms with Gasteiger partial charge in [0, 0.05) is 61.2 Å². The molecule has 2 aliphatic heterocycles. The average Bonchev–Trinajstić information content (AvgIpc) is 4.02. The number of hydrogen-bond donors (Lipinski definition) is 1. The number of aliphatic imine (C=N–C) groups is 1. The molecule has 0 spiro atoms. The number of phenolic OH excluding ortho intramolecular Hbond substituents is 1. The maximum absolute atomic E-state index is 10.2. The Labute approximate surface area is 372 Å². The van der Waals surface area contributed by atoms with Crippen molar-refractivity contribution in [2.45, 2.75) is 57.9 Å². The van der Waals surface area contributed by atoms with E-state index in [2.05, 4.69) is 128 Å². The van der Waals surface area contributed by atoms with Gasteiger partial charge in [-0.1, -0.05) is 48.5 Å². The molecule has 3 atom stereocenters. The van der Waals surface area contributed by atoms with Crippen LogP contribution in [0.3, 0.4) is 0 Å². The Kier molecular flexibility index (Phi) is 11.7. The Morgan fingerprint density at radius 2 is 1.49 bits per heavy atom. The normalized spacial score (nSPS) is 18.8. The van der Waals surface area contributed by atoms with E-state index in [4.69, 9.17) is 18.9 Å². The lowest BCUT2D eigenvalue weighted by molar-refractivity contribution is 0.105. The monoisotopic (exact) mass is 859 g/mol. The first-order valence-corrected chi connectivity index (χ1v) is 22.9. The summed E-state index contributed by atoms with van der Waals surface area (Å²) in [5.41, 5.74) is 9.49. The van der Waals surface area contributed by atoms with Gasteiger partial charge in [0.05, 0.1) is 18.3 Å². The minimum Gasteiger partial charge on any atom is -0.508 e. The van der Waals surface area contributed by atoms with E-state index in [0.717, 1.165) is 97.1 Å². The van der Waals surface area contributed by atoms with Crippen LogP contribution in [-0.2, 0) is 12.8 Å². The molecule has 12 heteroatoms. The van der Waals surface area contributed by atoms with E-state index in [1.54, 1.807) is 23.8 Å². The Morgan fingerprint density at radius 3 is 2.17 bits per heavy atom. The van der Waals surface area contributed by atoms with Gasteiger partial charge in [-0.05, 0) is 116 Å². The molecule has 3 aromatic heterocycles. The number of benzene rings is 4. The van der Waals surface area contributed by atoms with Crippen LogP contribution in [0.4, 0.5) is 0 Å². The van der Waals surface area contributed by atoms with Crippen molar-refractivity contribution in [2.75, 3.05) is 52.5 Å². The Balaban J connectivity index is 0.711. The summed E-state index contributed by atoms with van der Waals surface area (Å²) in [6, 6.07) is 33.5. The summed E-state index contributed by atoms with van der Waals surface area (Å²) < 4.78 is 20.4. The van der Waals surface area contributed by atoms with Crippen molar-refractivity contribution in [3.05, 3.63) is 171 Å². The van der Waals surface area contributed by atoms with Gasteiger partial charge >= 0.3 is 0 Å². The quantitative estimate of drug-likeness (QED) is 0.121. The number of thiophene rings is 1. The first-order chi connectivity index (χ1) is 30.9. The van der Waals surface area contributed by atoms with Crippen molar-refractivity contribution >= 4 is 17.0 Å². The topological polar surface area (TPSA) is 114 Å². The van der Waals surface area contributed by atoms with Crippen molar-refractivity contribution in [3.63, 3.8) is 0 Å². The molecule has 1 N–H and O–H groups in total. The molecule has 1 fully saturated rings. The highest BCUT2D eigenvalue weighted by molar-refractivity contribution is 7.15. The van der Waals surface area contributed by atoms with Gasteiger partial charge in [0.15, 0.2) is 11.7 Å². The van der Waals surface area contributed by atoms with Crippen molar-refractivity contribution < 1.29 is 19.0 Å². The summed E-state index contributed by atoms with van der Waals surface area (Å²) in [5.74, 6) is 4.94. The molecule has 7 aromatic rings. The number of aromatic hydroxyl groups is 1. The van der Waals surface area contributed by atoms with E-state index in [1.165, 1.54) is 32.7 Å². The first-order valence-electron chi connectivity index (χ1n) is 22.1. The molecular formula is C51H53N7O4S. The molecule has 3 aliphatic rings. The van der Waals surface area contributed by atoms with Crippen molar-refractivity contribution in [3.8, 4) is 22.2 Å². The molecule has 0 unspecified atom stereocenters. The van der Waals surface area contributed by atoms with Gasteiger partial charge in [-0.15, -0.1) is 21.5 Å². The third-order valence-electron chi connectivity index (χ3n) is 13.1. The fraction of sp³-hybridized carbons (Fsp3) is 0.333. The van der Waals surface area contributed by atoms with E-state index < -0.39 is 0 Å². The highest BCUT2D eigenvalue weighted by Crippen LogP contribution is 2.47. The fourth-order valence-electron chi connectivity index (χ4n) is 9.62. The van der Waals surface area contributed by atoms with E-state index in [1.807, 2.05) is 19.1 Å². The van der Waals surface area contributed by atoms with Crippen LogP contribution >= 0.6 is 11.3 Å². The standard InChI is InChI=1S/C51H53N7O4S/c1-33-34(2)63-51-47(33)49(53-45(32-46-52-21-28-62-46)50-55-54-35(3)58(50)51)38-11-17-42(18-12-38)61-30-27-57-24-22-56(23-25-57)26-29-60-41-15-9-37(10-16-41)48-43(36-7-5-4-6-8-36)19-13-39-31-40(59)14-20-44(39)48/h4-12,14-18,20-21,28,31,43,45,48,59H,13,19,22-27,29-30,32H2,1-3H3/t43-,45-,48+/m0/s1. The number of nitrogens with zero attached hydrogens (tertiary/aromatic N) is 7. The van der Waals surface area contributed by atoms with Crippen molar-refractivity contribution in [1.82, 2.24) is 29.5 Å². The number of phenols is 1. The second kappa shape index (κ2) is 18.0. The summed E-state index contributed by atoms with van der Waals surface area (Å²) in [7, 11) is 0. The van der Waals surface area contributed by atoms with Gasteiger partial charge in [-0.2, -0.15) is 0 Å². The molecule has 0 saturated carbocycles. The third kappa shape index (κ3) is 8.55. The average molecular weight is 860 g/mol. The van der Waals surface area contributed by atoms with E-state index in [0.29, 0.717) is 37.2 Å². The van der Waals surface area contributed by atoms with Crippen LogP contribution in [-0.4, -0.2) is 92.8 Å². The summed E-state index contributed by atoms with van der Waals surface area (Å²) in [6.45, 7) is 13.4. The molecule has 0 amide bonds. The van der Waals surface area contributed by atoms with E-state index in [9.17, 15) is 5.11 Å². The van der Waals surface area contributed by atoms with Crippen LogP contribution in [0.1, 0.15) is 85.7 Å². The smallest absolute Gasteiger partial charge is 0.196 e. The molecule has 1 aliphatic carbocycles. The molecule has 10 rings (SSSR count). The molecule has 63 heavy (non-hydrogen) atoms. The van der Waals surface area contributed by atoms with Gasteiger partial charge in [0.25, 0.3) is 0 Å². The Morgan fingerprint density at radius 1 is 0.794 bits per heavy atom. The Hall–Kier alpha value is -6.08. The summed E-state index contributed by atoms with van der Waals surface area (Å²) in [4.78, 5) is 16.0. The van der Waals surface area contributed by atoms with Gasteiger partial charge in [0.1, 0.15) is 53.6 Å². The van der Waals surface area contributed by atoms with Gasteiger partial charge < -0.3 is 19.0 Å². The van der Waals surface area contributed by atoms with Crippen molar-refractivity contribution in [2.24, 2.45) is 4.99 Å². The molecule has 5 heterocycles. The Bertz CT molecular complexity index is 2680. The van der Waals surface area contributed by atoms with E-state index in [-0.39, 0.29) is 12.0 Å². The maximum Gasteiger partial charge on any atom is 0.196 e. The number of rotatable bonds is 13. The van der Waals surface area contributed by atoms with Crippen LogP contribution in [0.5, 0.6) is 17.2 Å². The number of fused-ring (bicyclic) bond motifs is 4. The van der Waals surface area contributed by atoms with Crippen LogP contribution in [0, 0.1) is 20.8 Å². The lowest BCUT2D eigenvalue weighted by atomic mass is 9.69. The molecule has 0 bridgehead atoms. The number of oxazole rings is 1. The highest BCUT2D eigenvalue weighted by atomic mass is 32.1. The van der Waals surface area contributed by atoms with Crippen molar-refractivity contribution in [1.29, 1.82) is 0 Å². The maximum atomic E-state index is 10.2. The minimum atomic E-state index is -0.307. The van der Waals surface area contributed by atoms with Crippen LogP contribution in [0.2, 0.25) is 0 Å². The number of ether oxygens (including phenoxy) is 2. The summed E-state index contributed by atoms with van der Waals surface area (Å²) in [5, 5.41) is 20.4. The number of hydrogen-bond acceptors (Lipinski definition) is 11. The van der Waals surface area contributed by atoms with Crippen LogP contribution in [0.15, 0.2) is 119 Å². The highest BCUT2D eigenvalue weighted by Gasteiger charge is 2.34. The molecule has 322 valence electrons. The third-order valence-corrected chi connectivity index (χ3v) is 14.3. The zero-order valence-electron chi connectivity index (χ0n) is 36.1. The second-order valence-electron chi connectivity index (χ2n) is 16.9. The first kappa shape index (κ1) is 41.0. The lowest BCUT2D eigenvalue weighted by Crippen LogP contribution is -2.48. The molecule has 1 saturated heterocycles. The largest absolute Gasteiger partial charge is 0.508 e. The van der Waals surface area contributed by atoms with E-state index >= 15 is 0 Å². The molecule has 11 nitrogen and oxygen atoms in total. The summed E-state index contributed by atoms with van der Waals surface area (Å²) >= 11 is 1.75. The predicted octanol–water partition coefficient (Wildman–Crippen LogP) is 9.02. The zero-order valence-corrected chi connectivity index (χ0v) is 36.9. The molecule has 4 aromatic carbocycles. The van der Waals surface area contributed by atoms with Gasteiger partial charge in [0.2, 0.25) is 0 Å². The van der Waals surface area contributed by atoms with Crippen LogP contribution in [0.25, 0.3) is 5.00 Å². The van der Waals surface area contributed by atoms with Gasteiger partial charge in [-0.25, -0.2) is 4.98 Å². The number of aromatic nitrogens is 4. The fourth-order valence-corrected chi connectivity index (χ4v) is 10.8. The number of piperazine rings is 1. The minimum absolute atomic E-state index is 0.227. The molecule has 0 radical (unpaired) electrons. The summed E-state index contributed by atoms with van der Waals surface area (Å²) in [6.07, 6.45) is 5.77. The molecular weight excluding hydrogens is 807 g/mol. The zero-order chi connectivity index (χ0) is 42.9. The van der Waals surface area contributed by atoms with Gasteiger partial charge in [-0.3, -0.25) is 19.4 Å². The van der Waals surface area contributed by atoms with Crippen LogP contribution < -0.4 is 9.47 Å².